The number of fused-ring (bicyclic) bond motifs is 1. The third kappa shape index (κ3) is 2.48. The summed E-state index contributed by atoms with van der Waals surface area (Å²) in [6.07, 6.45) is 1.72. The fourth-order valence-corrected chi connectivity index (χ4v) is 3.04. The second kappa shape index (κ2) is 5.58. The van der Waals surface area contributed by atoms with Gasteiger partial charge in [-0.25, -0.2) is 4.98 Å². The topological polar surface area (TPSA) is 67.9 Å². The summed E-state index contributed by atoms with van der Waals surface area (Å²) in [5.74, 6) is 0.519. The number of pyridine rings is 1. The molecule has 20 heavy (non-hydrogen) atoms. The van der Waals surface area contributed by atoms with Crippen LogP contribution in [0.25, 0.3) is 21.6 Å². The molecule has 0 radical (unpaired) electrons. The molecule has 3 rings (SSSR count). The highest BCUT2D eigenvalue weighted by atomic mass is 127. The van der Waals surface area contributed by atoms with E-state index in [1.165, 1.54) is 0 Å². The number of hydrogen-bond acceptors (Lipinski definition) is 5. The molecule has 7 heteroatoms. The van der Waals surface area contributed by atoms with E-state index in [9.17, 15) is 4.79 Å². The Morgan fingerprint density at radius 3 is 3.15 bits per heavy atom. The summed E-state index contributed by atoms with van der Waals surface area (Å²) in [5, 5.41) is 1.99. The lowest BCUT2D eigenvalue weighted by Gasteiger charge is -2.06. The molecule has 0 aliphatic heterocycles. The molecule has 0 aromatic carbocycles. The van der Waals surface area contributed by atoms with E-state index in [0.717, 1.165) is 15.8 Å². The Morgan fingerprint density at radius 2 is 2.35 bits per heavy atom. The second-order valence-electron chi connectivity index (χ2n) is 4.14. The zero-order valence-electron chi connectivity index (χ0n) is 10.5. The monoisotopic (exact) mass is 399 g/mol. The number of halogens is 1. The zero-order valence-corrected chi connectivity index (χ0v) is 13.5. The van der Waals surface area contributed by atoms with Gasteiger partial charge in [-0.05, 0) is 40.1 Å². The second-order valence-corrected chi connectivity index (χ2v) is 6.16. The van der Waals surface area contributed by atoms with Crippen LogP contribution in [-0.2, 0) is 11.3 Å². The molecular formula is C13H10IN3O2S. The third-order valence-electron chi connectivity index (χ3n) is 2.79. The van der Waals surface area contributed by atoms with Gasteiger partial charge >= 0.3 is 0 Å². The SMILES string of the molecule is COCc1nc(-c2cnc3ccsc3c2)[nH]c(=O)c1I. The lowest BCUT2D eigenvalue weighted by molar-refractivity contribution is 0.180. The van der Waals surface area contributed by atoms with Gasteiger partial charge in [0, 0.05) is 18.9 Å². The molecule has 0 aliphatic rings. The van der Waals surface area contributed by atoms with Crippen molar-refractivity contribution in [3.63, 3.8) is 0 Å². The van der Waals surface area contributed by atoms with Crippen LogP contribution < -0.4 is 5.56 Å². The van der Waals surface area contributed by atoms with Gasteiger partial charge in [-0.2, -0.15) is 0 Å². The highest BCUT2D eigenvalue weighted by Crippen LogP contribution is 2.24. The highest BCUT2D eigenvalue weighted by Gasteiger charge is 2.11. The summed E-state index contributed by atoms with van der Waals surface area (Å²) < 4.78 is 6.70. The van der Waals surface area contributed by atoms with Crippen molar-refractivity contribution in [2.24, 2.45) is 0 Å². The van der Waals surface area contributed by atoms with Crippen molar-refractivity contribution >= 4 is 44.1 Å². The smallest absolute Gasteiger partial charge is 0.264 e. The van der Waals surface area contributed by atoms with E-state index in [2.05, 4.69) is 15.0 Å². The molecule has 5 nitrogen and oxygen atoms in total. The standard InChI is InChI=1S/C13H10IN3O2S/c1-19-6-9-11(14)13(18)17-12(16-9)7-4-10-8(15-5-7)2-3-20-10/h2-5H,6H2,1H3,(H,16,17,18). The van der Waals surface area contributed by atoms with Gasteiger partial charge in [0.05, 0.1) is 22.5 Å². The number of ether oxygens (including phenoxy) is 1. The van der Waals surface area contributed by atoms with E-state index in [1.54, 1.807) is 24.6 Å². The van der Waals surface area contributed by atoms with Crippen LogP contribution in [0.15, 0.2) is 28.5 Å². The Balaban J connectivity index is 2.15. The molecule has 0 bridgehead atoms. The van der Waals surface area contributed by atoms with Crippen LogP contribution in [0.3, 0.4) is 0 Å². The lowest BCUT2D eigenvalue weighted by atomic mass is 10.2. The maximum absolute atomic E-state index is 11.9. The molecule has 0 aliphatic carbocycles. The number of aromatic amines is 1. The minimum absolute atomic E-state index is 0.158. The number of rotatable bonds is 3. The van der Waals surface area contributed by atoms with Gasteiger partial charge in [-0.15, -0.1) is 11.3 Å². The summed E-state index contributed by atoms with van der Waals surface area (Å²) in [7, 11) is 1.58. The molecule has 0 spiro atoms. The Labute approximate surface area is 132 Å². The number of hydrogen-bond donors (Lipinski definition) is 1. The lowest BCUT2D eigenvalue weighted by Crippen LogP contribution is -2.16. The van der Waals surface area contributed by atoms with E-state index in [4.69, 9.17) is 4.74 Å². The molecule has 102 valence electrons. The molecule has 0 saturated carbocycles. The van der Waals surface area contributed by atoms with Crippen LogP contribution in [-0.4, -0.2) is 22.1 Å². The van der Waals surface area contributed by atoms with Crippen molar-refractivity contribution in [2.75, 3.05) is 7.11 Å². The molecule has 0 fully saturated rings. The van der Waals surface area contributed by atoms with E-state index >= 15 is 0 Å². The summed E-state index contributed by atoms with van der Waals surface area (Å²) in [4.78, 5) is 23.5. The van der Waals surface area contributed by atoms with E-state index in [1.807, 2.05) is 40.1 Å². The third-order valence-corrected chi connectivity index (χ3v) is 4.75. The molecule has 3 aromatic heterocycles. The first-order valence-corrected chi connectivity index (χ1v) is 7.76. The first-order valence-electron chi connectivity index (χ1n) is 5.80. The largest absolute Gasteiger partial charge is 0.378 e. The number of nitrogens with zero attached hydrogens (tertiary/aromatic N) is 2. The molecular weight excluding hydrogens is 389 g/mol. The van der Waals surface area contributed by atoms with Crippen LogP contribution in [0.2, 0.25) is 0 Å². The average molecular weight is 399 g/mol. The number of aromatic nitrogens is 3. The number of nitrogens with one attached hydrogen (secondary N) is 1. The maximum Gasteiger partial charge on any atom is 0.264 e. The normalized spacial score (nSPS) is 11.1. The summed E-state index contributed by atoms with van der Waals surface area (Å²) in [6, 6.07) is 3.94. The fourth-order valence-electron chi connectivity index (χ4n) is 1.85. The van der Waals surface area contributed by atoms with Gasteiger partial charge in [0.25, 0.3) is 5.56 Å². The summed E-state index contributed by atoms with van der Waals surface area (Å²) in [6.45, 7) is 0.309. The molecule has 0 atom stereocenters. The van der Waals surface area contributed by atoms with Crippen LogP contribution >= 0.6 is 33.9 Å². The van der Waals surface area contributed by atoms with Gasteiger partial charge in [0.2, 0.25) is 0 Å². The Hall–Kier alpha value is -1.32. The Morgan fingerprint density at radius 1 is 1.50 bits per heavy atom. The van der Waals surface area contributed by atoms with Gasteiger partial charge in [0.1, 0.15) is 9.39 Å². The van der Waals surface area contributed by atoms with Crippen molar-refractivity contribution < 1.29 is 4.74 Å². The van der Waals surface area contributed by atoms with Crippen molar-refractivity contribution in [1.82, 2.24) is 15.0 Å². The minimum Gasteiger partial charge on any atom is -0.378 e. The van der Waals surface area contributed by atoms with Crippen molar-refractivity contribution in [3.05, 3.63) is 43.3 Å². The molecule has 0 unspecified atom stereocenters. The van der Waals surface area contributed by atoms with Gasteiger partial charge in [-0.3, -0.25) is 9.78 Å². The Kier molecular flexibility index (Phi) is 3.81. The first-order chi connectivity index (χ1) is 9.69. The highest BCUT2D eigenvalue weighted by molar-refractivity contribution is 14.1. The van der Waals surface area contributed by atoms with Crippen LogP contribution in [0.1, 0.15) is 5.69 Å². The summed E-state index contributed by atoms with van der Waals surface area (Å²) >= 11 is 3.59. The van der Waals surface area contributed by atoms with Gasteiger partial charge in [-0.1, -0.05) is 0 Å². The average Bonchev–Trinajstić information content (AvgIpc) is 2.91. The van der Waals surface area contributed by atoms with E-state index < -0.39 is 0 Å². The first kappa shape index (κ1) is 13.7. The maximum atomic E-state index is 11.9. The fraction of sp³-hybridized carbons (Fsp3) is 0.154. The van der Waals surface area contributed by atoms with E-state index in [-0.39, 0.29) is 5.56 Å². The summed E-state index contributed by atoms with van der Waals surface area (Å²) in [5.41, 5.74) is 2.22. The molecule has 3 aromatic rings. The predicted molar refractivity (Wildman–Crippen MR) is 86.9 cm³/mol. The van der Waals surface area contributed by atoms with Crippen molar-refractivity contribution in [1.29, 1.82) is 0 Å². The molecule has 0 saturated heterocycles. The van der Waals surface area contributed by atoms with Gasteiger partial charge in [0.15, 0.2) is 0 Å². The van der Waals surface area contributed by atoms with Crippen LogP contribution in [0, 0.1) is 3.57 Å². The van der Waals surface area contributed by atoms with Crippen molar-refractivity contribution in [2.45, 2.75) is 6.61 Å². The minimum atomic E-state index is -0.158. The van der Waals surface area contributed by atoms with Crippen molar-refractivity contribution in [3.8, 4) is 11.4 Å². The molecule has 0 amide bonds. The molecule has 3 heterocycles. The van der Waals surface area contributed by atoms with E-state index in [0.29, 0.717) is 21.7 Å². The number of methoxy groups -OCH3 is 1. The molecule has 1 N–H and O–H groups in total. The zero-order chi connectivity index (χ0) is 14.1. The van der Waals surface area contributed by atoms with Gasteiger partial charge < -0.3 is 9.72 Å². The van der Waals surface area contributed by atoms with Crippen LogP contribution in [0.5, 0.6) is 0 Å². The number of thiophene rings is 1. The predicted octanol–water partition coefficient (Wildman–Crippen LogP) is 2.80. The quantitative estimate of drug-likeness (QED) is 0.688. The number of H-pyrrole nitrogens is 1. The Bertz CT molecular complexity index is 828. The van der Waals surface area contributed by atoms with Crippen LogP contribution in [0.4, 0.5) is 0 Å².